The van der Waals surface area contributed by atoms with Crippen LogP contribution < -0.4 is 10.0 Å². The normalized spacial score (nSPS) is 11.7. The van der Waals surface area contributed by atoms with Gasteiger partial charge in [0.2, 0.25) is 0 Å². The molecule has 1 heterocycles. The van der Waals surface area contributed by atoms with Gasteiger partial charge in [-0.3, -0.25) is 0 Å². The van der Waals surface area contributed by atoms with Gasteiger partial charge in [0.25, 0.3) is 10.0 Å². The van der Waals surface area contributed by atoms with Crippen molar-refractivity contribution in [2.24, 2.45) is 0 Å². The molecule has 1 aromatic heterocycles. The highest BCUT2D eigenvalue weighted by Crippen LogP contribution is 2.07. The van der Waals surface area contributed by atoms with Crippen LogP contribution in [-0.2, 0) is 16.6 Å². The monoisotopic (exact) mass is 285 g/mol. The highest BCUT2D eigenvalue weighted by molar-refractivity contribution is 7.89. The molecule has 2 N–H and O–H groups in total. The number of sulfonamides is 1. The zero-order valence-corrected chi connectivity index (χ0v) is 12.5. The van der Waals surface area contributed by atoms with Crippen LogP contribution in [0.3, 0.4) is 0 Å². The van der Waals surface area contributed by atoms with Crippen molar-refractivity contribution in [3.63, 3.8) is 0 Å². The van der Waals surface area contributed by atoms with Crippen molar-refractivity contribution < 1.29 is 8.42 Å². The number of rotatable bonds is 9. The minimum atomic E-state index is -3.46. The number of pyridine rings is 1. The van der Waals surface area contributed by atoms with Crippen LogP contribution in [0.5, 0.6) is 0 Å². The lowest BCUT2D eigenvalue weighted by molar-refractivity contribution is 0.572. The molecule has 0 fully saturated rings. The molecule has 19 heavy (non-hydrogen) atoms. The van der Waals surface area contributed by atoms with Gasteiger partial charge in [-0.2, -0.15) is 0 Å². The van der Waals surface area contributed by atoms with Gasteiger partial charge in [-0.25, -0.2) is 18.1 Å². The summed E-state index contributed by atoms with van der Waals surface area (Å²) in [5, 5.41) is 3.25. The molecule has 6 heteroatoms. The van der Waals surface area contributed by atoms with Crippen molar-refractivity contribution >= 4 is 10.0 Å². The van der Waals surface area contributed by atoms with Crippen LogP contribution >= 0.6 is 0 Å². The summed E-state index contributed by atoms with van der Waals surface area (Å²) in [5.41, 5.74) is 0.979. The van der Waals surface area contributed by atoms with Crippen LogP contribution in [0, 0.1) is 0 Å². The van der Waals surface area contributed by atoms with Gasteiger partial charge in [0, 0.05) is 19.3 Å². The maximum atomic E-state index is 11.9. The van der Waals surface area contributed by atoms with Crippen molar-refractivity contribution in [2.75, 3.05) is 13.1 Å². The molecule has 0 saturated carbocycles. The maximum absolute atomic E-state index is 11.9. The zero-order valence-electron chi connectivity index (χ0n) is 11.6. The highest BCUT2D eigenvalue weighted by Gasteiger charge is 2.14. The first-order valence-corrected chi connectivity index (χ1v) is 8.23. The third-order valence-electron chi connectivity index (χ3n) is 2.72. The summed E-state index contributed by atoms with van der Waals surface area (Å²) >= 11 is 0. The van der Waals surface area contributed by atoms with Gasteiger partial charge >= 0.3 is 0 Å². The molecule has 5 nitrogen and oxygen atoms in total. The summed E-state index contributed by atoms with van der Waals surface area (Å²) in [6.45, 7) is 6.15. The lowest BCUT2D eigenvalue weighted by atomic mass is 10.3. The fourth-order valence-electron chi connectivity index (χ4n) is 1.60. The van der Waals surface area contributed by atoms with Crippen LogP contribution in [0.25, 0.3) is 0 Å². The molecular weight excluding hydrogens is 262 g/mol. The van der Waals surface area contributed by atoms with E-state index in [0.29, 0.717) is 13.1 Å². The standard InChI is InChI=1S/C13H23N3O2S/c1-3-5-6-9-16-19(17,18)13-8-7-12(11-15-13)10-14-4-2/h7-8,11,14,16H,3-6,9-10H2,1-2H3. The van der Waals surface area contributed by atoms with Gasteiger partial charge in [0.1, 0.15) is 0 Å². The molecule has 0 unspecified atom stereocenters. The number of unbranched alkanes of at least 4 members (excludes halogenated alkanes) is 2. The molecule has 0 bridgehead atoms. The Bertz CT molecular complexity index is 457. The van der Waals surface area contributed by atoms with E-state index >= 15 is 0 Å². The molecular formula is C13H23N3O2S. The molecule has 1 aromatic rings. The second-order valence-electron chi connectivity index (χ2n) is 4.39. The molecule has 0 aliphatic carbocycles. The minimum absolute atomic E-state index is 0.0873. The van der Waals surface area contributed by atoms with E-state index in [0.717, 1.165) is 31.4 Å². The summed E-state index contributed by atoms with van der Waals surface area (Å²) in [6.07, 6.45) is 4.55. The van der Waals surface area contributed by atoms with Crippen molar-refractivity contribution in [2.45, 2.75) is 44.7 Å². The topological polar surface area (TPSA) is 71.1 Å². The van der Waals surface area contributed by atoms with E-state index in [1.807, 2.05) is 6.92 Å². The van der Waals surface area contributed by atoms with Crippen molar-refractivity contribution in [1.82, 2.24) is 15.0 Å². The predicted octanol–water partition coefficient (Wildman–Crippen LogP) is 1.66. The first-order valence-electron chi connectivity index (χ1n) is 6.75. The molecule has 0 aliphatic heterocycles. The van der Waals surface area contributed by atoms with Crippen LogP contribution in [0.15, 0.2) is 23.4 Å². The average Bonchev–Trinajstić information content (AvgIpc) is 2.42. The Morgan fingerprint density at radius 1 is 1.21 bits per heavy atom. The van der Waals surface area contributed by atoms with E-state index < -0.39 is 10.0 Å². The fourth-order valence-corrected chi connectivity index (χ4v) is 2.60. The predicted molar refractivity (Wildman–Crippen MR) is 76.3 cm³/mol. The van der Waals surface area contributed by atoms with Crippen LogP contribution in [0.4, 0.5) is 0 Å². The molecule has 0 radical (unpaired) electrons. The number of hydrogen-bond donors (Lipinski definition) is 2. The van der Waals surface area contributed by atoms with E-state index in [2.05, 4.69) is 21.9 Å². The highest BCUT2D eigenvalue weighted by atomic mass is 32.2. The van der Waals surface area contributed by atoms with E-state index in [-0.39, 0.29) is 5.03 Å². The number of nitrogens with zero attached hydrogens (tertiary/aromatic N) is 1. The zero-order chi connectivity index (χ0) is 14.1. The first kappa shape index (κ1) is 16.1. The Kier molecular flexibility index (Phi) is 6.97. The Hall–Kier alpha value is -0.980. The molecule has 1 rings (SSSR count). The summed E-state index contributed by atoms with van der Waals surface area (Å²) in [6, 6.07) is 3.34. The SMILES string of the molecule is CCCCCNS(=O)(=O)c1ccc(CNCC)cn1. The van der Waals surface area contributed by atoms with Gasteiger partial charge < -0.3 is 5.32 Å². The second-order valence-corrected chi connectivity index (χ2v) is 6.10. The Morgan fingerprint density at radius 3 is 2.58 bits per heavy atom. The third kappa shape index (κ3) is 5.67. The molecule has 0 aliphatic rings. The van der Waals surface area contributed by atoms with Crippen molar-refractivity contribution in [3.05, 3.63) is 23.9 Å². The molecule has 0 spiro atoms. The van der Waals surface area contributed by atoms with Gasteiger partial charge in [0.15, 0.2) is 5.03 Å². The summed E-state index contributed by atoms with van der Waals surface area (Å²) in [5.74, 6) is 0. The molecule has 0 amide bonds. The number of nitrogens with one attached hydrogen (secondary N) is 2. The fraction of sp³-hybridized carbons (Fsp3) is 0.615. The lowest BCUT2D eigenvalue weighted by Gasteiger charge is -2.07. The molecule has 108 valence electrons. The summed E-state index contributed by atoms with van der Waals surface area (Å²) in [7, 11) is -3.46. The number of aromatic nitrogens is 1. The Balaban J connectivity index is 2.58. The molecule has 0 aromatic carbocycles. The van der Waals surface area contributed by atoms with Gasteiger partial charge in [-0.05, 0) is 24.6 Å². The van der Waals surface area contributed by atoms with Crippen LogP contribution in [0.2, 0.25) is 0 Å². The lowest BCUT2D eigenvalue weighted by Crippen LogP contribution is -2.25. The smallest absolute Gasteiger partial charge is 0.258 e. The minimum Gasteiger partial charge on any atom is -0.313 e. The van der Waals surface area contributed by atoms with E-state index in [1.165, 1.54) is 0 Å². The summed E-state index contributed by atoms with van der Waals surface area (Å²) < 4.78 is 26.4. The van der Waals surface area contributed by atoms with Gasteiger partial charge in [-0.15, -0.1) is 0 Å². The molecule has 0 atom stereocenters. The molecule has 0 saturated heterocycles. The van der Waals surface area contributed by atoms with Crippen molar-refractivity contribution in [3.8, 4) is 0 Å². The quantitative estimate of drug-likeness (QED) is 0.677. The Morgan fingerprint density at radius 2 is 2.00 bits per heavy atom. The van der Waals surface area contributed by atoms with Crippen LogP contribution in [0.1, 0.15) is 38.7 Å². The first-order chi connectivity index (χ1) is 9.10. The second kappa shape index (κ2) is 8.24. The van der Waals surface area contributed by atoms with Crippen LogP contribution in [-0.4, -0.2) is 26.5 Å². The van der Waals surface area contributed by atoms with Gasteiger partial charge in [-0.1, -0.05) is 32.8 Å². The van der Waals surface area contributed by atoms with Crippen molar-refractivity contribution in [1.29, 1.82) is 0 Å². The average molecular weight is 285 g/mol. The van der Waals surface area contributed by atoms with E-state index in [1.54, 1.807) is 18.3 Å². The van der Waals surface area contributed by atoms with E-state index in [4.69, 9.17) is 0 Å². The summed E-state index contributed by atoms with van der Waals surface area (Å²) in [4.78, 5) is 4.01. The number of hydrogen-bond acceptors (Lipinski definition) is 4. The van der Waals surface area contributed by atoms with Gasteiger partial charge in [0.05, 0.1) is 0 Å². The maximum Gasteiger partial charge on any atom is 0.258 e. The van der Waals surface area contributed by atoms with E-state index in [9.17, 15) is 8.42 Å². The largest absolute Gasteiger partial charge is 0.313 e. The Labute approximate surface area is 115 Å². The third-order valence-corrected chi connectivity index (χ3v) is 4.10.